The van der Waals surface area contributed by atoms with E-state index in [4.69, 9.17) is 4.99 Å². The Labute approximate surface area is 115 Å². The van der Waals surface area contributed by atoms with Crippen LogP contribution >= 0.6 is 0 Å². The van der Waals surface area contributed by atoms with E-state index in [0.717, 1.165) is 23.4 Å². The maximum absolute atomic E-state index is 12.3. The fraction of sp³-hybridized carbons (Fsp3) is 0.500. The van der Waals surface area contributed by atoms with E-state index in [1.165, 1.54) is 0 Å². The summed E-state index contributed by atoms with van der Waals surface area (Å²) in [5.41, 5.74) is 2.96. The minimum atomic E-state index is -0.273. The predicted molar refractivity (Wildman–Crippen MR) is 79.7 cm³/mol. The molecule has 1 amide bonds. The van der Waals surface area contributed by atoms with Gasteiger partial charge in [-0.25, -0.2) is 0 Å². The highest BCUT2D eigenvalue weighted by Gasteiger charge is 2.26. The molecule has 1 aliphatic rings. The number of anilines is 1. The number of amides is 1. The van der Waals surface area contributed by atoms with Crippen LogP contribution in [0.5, 0.6) is 0 Å². The Morgan fingerprint density at radius 1 is 1.21 bits per heavy atom. The third-order valence-corrected chi connectivity index (χ3v) is 3.30. The first kappa shape index (κ1) is 13.8. The number of nitrogens with one attached hydrogen (secondary N) is 1. The van der Waals surface area contributed by atoms with E-state index in [-0.39, 0.29) is 11.9 Å². The Kier molecular flexibility index (Phi) is 4.03. The summed E-state index contributed by atoms with van der Waals surface area (Å²) in [4.78, 5) is 17.0. The van der Waals surface area contributed by atoms with Gasteiger partial charge in [0.05, 0.1) is 0 Å². The first-order chi connectivity index (χ1) is 8.99. The fourth-order valence-corrected chi connectivity index (χ4v) is 2.39. The van der Waals surface area contributed by atoms with Crippen molar-refractivity contribution < 1.29 is 4.79 Å². The second kappa shape index (κ2) is 5.55. The normalized spacial score (nSPS) is 18.9. The number of hydrogen-bond donors (Lipinski definition) is 1. The molecule has 1 unspecified atom stereocenters. The maximum atomic E-state index is 12.3. The summed E-state index contributed by atoms with van der Waals surface area (Å²) in [5, 5.41) is 3.01. The van der Waals surface area contributed by atoms with Gasteiger partial charge in [-0.15, -0.1) is 0 Å². The molecule has 0 fully saturated rings. The first-order valence-electron chi connectivity index (χ1n) is 6.97. The van der Waals surface area contributed by atoms with Crippen LogP contribution in [0.4, 0.5) is 5.69 Å². The predicted octanol–water partition coefficient (Wildman–Crippen LogP) is 3.50. The van der Waals surface area contributed by atoms with Crippen molar-refractivity contribution in [3.05, 3.63) is 29.8 Å². The van der Waals surface area contributed by atoms with Gasteiger partial charge >= 0.3 is 0 Å². The molecule has 0 saturated heterocycles. The van der Waals surface area contributed by atoms with Gasteiger partial charge in [0.15, 0.2) is 0 Å². The van der Waals surface area contributed by atoms with Gasteiger partial charge in [-0.3, -0.25) is 9.79 Å². The quantitative estimate of drug-likeness (QED) is 0.885. The minimum Gasteiger partial charge on any atom is -0.324 e. The third-order valence-electron chi connectivity index (χ3n) is 3.30. The summed E-state index contributed by atoms with van der Waals surface area (Å²) in [7, 11) is 0. The number of aliphatic imine (C=N–C) groups is 1. The van der Waals surface area contributed by atoms with Gasteiger partial charge in [0.25, 0.3) is 0 Å². The molecule has 1 heterocycles. The van der Waals surface area contributed by atoms with Gasteiger partial charge in [-0.1, -0.05) is 45.9 Å². The highest BCUT2D eigenvalue weighted by Crippen LogP contribution is 2.25. The monoisotopic (exact) mass is 258 g/mol. The number of carbonyl (C=O) groups is 1. The number of nitrogens with zero attached hydrogens (tertiary/aromatic N) is 1. The Bertz CT molecular complexity index is 503. The van der Waals surface area contributed by atoms with Crippen molar-refractivity contribution >= 4 is 17.3 Å². The molecule has 3 nitrogen and oxygen atoms in total. The van der Waals surface area contributed by atoms with Crippen LogP contribution in [0.25, 0.3) is 0 Å². The molecule has 0 spiro atoms. The first-order valence-corrected chi connectivity index (χ1v) is 6.97. The second-order valence-electron chi connectivity index (χ2n) is 5.85. The number of rotatable bonds is 3. The lowest BCUT2D eigenvalue weighted by Crippen LogP contribution is -2.27. The molecule has 1 aromatic carbocycles. The second-order valence-corrected chi connectivity index (χ2v) is 5.85. The standard InChI is InChI=1S/C16H22N2O/c1-10(2)9-14-16(19)18-13-8-6-5-7-12(13)15(17-14)11(3)4/h5-8,10-11,14H,9H2,1-4H3,(H,18,19). The lowest BCUT2D eigenvalue weighted by Gasteiger charge is -2.14. The highest BCUT2D eigenvalue weighted by molar-refractivity contribution is 6.12. The SMILES string of the molecule is CC(C)CC1N=C(C(C)C)c2ccccc2NC1=O. The minimum absolute atomic E-state index is 0.0109. The van der Waals surface area contributed by atoms with Crippen LogP contribution < -0.4 is 5.32 Å². The van der Waals surface area contributed by atoms with Gasteiger partial charge in [0.1, 0.15) is 6.04 Å². The topological polar surface area (TPSA) is 41.5 Å². The van der Waals surface area contributed by atoms with Crippen LogP contribution in [0.3, 0.4) is 0 Å². The molecule has 19 heavy (non-hydrogen) atoms. The van der Waals surface area contributed by atoms with Crippen molar-refractivity contribution in [1.82, 2.24) is 0 Å². The zero-order valence-electron chi connectivity index (χ0n) is 12.1. The Balaban J connectivity index is 2.46. The lowest BCUT2D eigenvalue weighted by atomic mass is 9.98. The van der Waals surface area contributed by atoms with E-state index >= 15 is 0 Å². The number of benzodiazepines with no additional fused rings is 1. The molecule has 102 valence electrons. The molecule has 0 aromatic heterocycles. The van der Waals surface area contributed by atoms with E-state index in [1.807, 2.05) is 24.3 Å². The third kappa shape index (κ3) is 3.03. The zero-order valence-corrected chi connectivity index (χ0v) is 12.1. The van der Waals surface area contributed by atoms with Gasteiger partial charge in [0.2, 0.25) is 5.91 Å². The maximum Gasteiger partial charge on any atom is 0.249 e. The van der Waals surface area contributed by atoms with E-state index in [1.54, 1.807) is 0 Å². The molecule has 0 saturated carbocycles. The molecular formula is C16H22N2O. The van der Waals surface area contributed by atoms with Crippen molar-refractivity contribution in [3.8, 4) is 0 Å². The Morgan fingerprint density at radius 2 is 1.89 bits per heavy atom. The Morgan fingerprint density at radius 3 is 2.53 bits per heavy atom. The summed E-state index contributed by atoms with van der Waals surface area (Å²) in [6.07, 6.45) is 0.788. The van der Waals surface area contributed by atoms with Crippen molar-refractivity contribution in [2.24, 2.45) is 16.8 Å². The van der Waals surface area contributed by atoms with Crippen molar-refractivity contribution in [3.63, 3.8) is 0 Å². The summed E-state index contributed by atoms with van der Waals surface area (Å²) in [5.74, 6) is 0.773. The molecular weight excluding hydrogens is 236 g/mol. The number of benzene rings is 1. The van der Waals surface area contributed by atoms with E-state index in [0.29, 0.717) is 11.8 Å². The molecule has 0 bridgehead atoms. The smallest absolute Gasteiger partial charge is 0.249 e. The average molecular weight is 258 g/mol. The van der Waals surface area contributed by atoms with Gasteiger partial charge in [-0.05, 0) is 24.3 Å². The van der Waals surface area contributed by atoms with E-state index in [2.05, 4.69) is 33.0 Å². The van der Waals surface area contributed by atoms with Gasteiger partial charge in [-0.2, -0.15) is 0 Å². The van der Waals surface area contributed by atoms with Crippen LogP contribution in [-0.4, -0.2) is 17.7 Å². The summed E-state index contributed by atoms with van der Waals surface area (Å²) < 4.78 is 0. The van der Waals surface area contributed by atoms with Gasteiger partial charge < -0.3 is 5.32 Å². The lowest BCUT2D eigenvalue weighted by molar-refractivity contribution is -0.117. The van der Waals surface area contributed by atoms with E-state index < -0.39 is 0 Å². The van der Waals surface area contributed by atoms with Crippen LogP contribution in [-0.2, 0) is 4.79 Å². The molecule has 0 radical (unpaired) electrons. The van der Waals surface area contributed by atoms with E-state index in [9.17, 15) is 4.79 Å². The zero-order chi connectivity index (χ0) is 14.0. The summed E-state index contributed by atoms with van der Waals surface area (Å²) in [6.45, 7) is 8.49. The fourth-order valence-electron chi connectivity index (χ4n) is 2.39. The molecule has 1 atom stereocenters. The molecule has 2 rings (SSSR count). The van der Waals surface area contributed by atoms with Crippen LogP contribution in [0.1, 0.15) is 39.7 Å². The Hall–Kier alpha value is -1.64. The van der Waals surface area contributed by atoms with Crippen molar-refractivity contribution in [2.75, 3.05) is 5.32 Å². The van der Waals surface area contributed by atoms with Crippen LogP contribution in [0.15, 0.2) is 29.3 Å². The number of carbonyl (C=O) groups excluding carboxylic acids is 1. The number of fused-ring (bicyclic) bond motifs is 1. The van der Waals surface area contributed by atoms with Crippen LogP contribution in [0.2, 0.25) is 0 Å². The van der Waals surface area contributed by atoms with Crippen molar-refractivity contribution in [1.29, 1.82) is 0 Å². The summed E-state index contributed by atoms with van der Waals surface area (Å²) in [6, 6.07) is 7.64. The van der Waals surface area contributed by atoms with Crippen molar-refractivity contribution in [2.45, 2.75) is 40.2 Å². The average Bonchev–Trinajstić information content (AvgIpc) is 2.47. The molecule has 0 aliphatic carbocycles. The van der Waals surface area contributed by atoms with Crippen LogP contribution in [0, 0.1) is 11.8 Å². The summed E-state index contributed by atoms with van der Waals surface area (Å²) >= 11 is 0. The highest BCUT2D eigenvalue weighted by atomic mass is 16.2. The molecule has 1 N–H and O–H groups in total. The largest absolute Gasteiger partial charge is 0.324 e. The number of para-hydroxylation sites is 1. The molecule has 1 aliphatic heterocycles. The molecule has 3 heteroatoms. The number of hydrogen-bond acceptors (Lipinski definition) is 2. The van der Waals surface area contributed by atoms with Gasteiger partial charge in [0, 0.05) is 17.0 Å². The molecule has 1 aromatic rings.